The maximum atomic E-state index is 16.3. The molecule has 2 N–H and O–H groups in total. The number of ether oxygens (including phenoxy) is 2. The number of anilines is 2. The lowest BCUT2D eigenvalue weighted by Crippen LogP contribution is -2.73. The number of nitrogens with zero attached hydrogens (tertiary/aromatic N) is 3. The van der Waals surface area contributed by atoms with E-state index >= 15 is 4.39 Å². The van der Waals surface area contributed by atoms with Crippen LogP contribution in [0.1, 0.15) is 64.2 Å². The number of carbonyl (C=O) groups is 2. The molecule has 9 nitrogen and oxygen atoms in total. The topological polar surface area (TPSA) is 86.4 Å². The highest BCUT2D eigenvalue weighted by molar-refractivity contribution is 6.24. The number of nitrogens with one attached hydrogen (secondary N) is 2. The number of Topliss-reactive ketones (excluding diaryl/α,β-unsaturated/α-hetero) is 1. The van der Waals surface area contributed by atoms with E-state index in [-0.39, 0.29) is 42.1 Å². The monoisotopic (exact) mass is 649 g/mol. The molecule has 8 rings (SSSR count). The van der Waals surface area contributed by atoms with Crippen molar-refractivity contribution in [2.24, 2.45) is 17.8 Å². The van der Waals surface area contributed by atoms with Gasteiger partial charge in [-0.2, -0.15) is 0 Å². The highest BCUT2D eigenvalue weighted by Gasteiger charge is 2.61. The fourth-order valence-electron chi connectivity index (χ4n) is 10.4. The first kappa shape index (κ1) is 31.7. The van der Waals surface area contributed by atoms with Gasteiger partial charge in [0.1, 0.15) is 6.17 Å². The molecule has 256 valence electrons. The molecule has 3 aliphatic carbocycles. The van der Waals surface area contributed by atoms with Crippen molar-refractivity contribution in [3.8, 4) is 0 Å². The van der Waals surface area contributed by atoms with Gasteiger partial charge in [0, 0.05) is 43.6 Å². The number of halogens is 1. The van der Waals surface area contributed by atoms with Crippen molar-refractivity contribution in [3.05, 3.63) is 36.0 Å². The summed E-state index contributed by atoms with van der Waals surface area (Å²) < 4.78 is 30.1. The molecule has 10 heteroatoms. The van der Waals surface area contributed by atoms with E-state index in [2.05, 4.69) is 27.5 Å². The van der Waals surface area contributed by atoms with Crippen molar-refractivity contribution in [3.63, 3.8) is 0 Å². The molecule has 4 aliphatic heterocycles. The molecule has 47 heavy (non-hydrogen) atoms. The number of alkyl halides is 1. The van der Waals surface area contributed by atoms with E-state index in [9.17, 15) is 9.59 Å². The van der Waals surface area contributed by atoms with Crippen molar-refractivity contribution in [2.75, 3.05) is 44.4 Å². The van der Waals surface area contributed by atoms with E-state index < -0.39 is 30.1 Å². The predicted molar refractivity (Wildman–Crippen MR) is 179 cm³/mol. The van der Waals surface area contributed by atoms with Crippen molar-refractivity contribution < 1.29 is 23.5 Å². The Morgan fingerprint density at radius 2 is 1.79 bits per heavy atom. The molecule has 12 unspecified atom stereocenters. The summed E-state index contributed by atoms with van der Waals surface area (Å²) in [5.74, 6) is -0.321. The maximum Gasteiger partial charge on any atom is 0.260 e. The number of hydrogen-bond donors (Lipinski definition) is 2. The Labute approximate surface area is 278 Å². The second-order valence-corrected chi connectivity index (χ2v) is 15.6. The SMILES string of the molecule is CN(C)c1ccc(NC(=O)C2=CN3C4CC5OC6CCCCC6C5CC4OC4C(NCCC5CCCN5C)C(F)CC(C2=O)C43)cc1. The zero-order valence-electron chi connectivity index (χ0n) is 28.2. The molecule has 1 amide bonds. The van der Waals surface area contributed by atoms with Crippen LogP contribution in [0.5, 0.6) is 0 Å². The summed E-state index contributed by atoms with van der Waals surface area (Å²) in [6.45, 7) is 1.84. The van der Waals surface area contributed by atoms with Gasteiger partial charge in [-0.05, 0) is 108 Å². The molecule has 3 saturated heterocycles. The van der Waals surface area contributed by atoms with Gasteiger partial charge in [0.25, 0.3) is 5.91 Å². The van der Waals surface area contributed by atoms with E-state index in [1.54, 1.807) is 0 Å². The Kier molecular flexibility index (Phi) is 8.59. The van der Waals surface area contributed by atoms with Gasteiger partial charge in [0.05, 0.1) is 48.1 Å². The van der Waals surface area contributed by atoms with Gasteiger partial charge in [-0.15, -0.1) is 0 Å². The average Bonchev–Trinajstić information content (AvgIpc) is 3.64. The third-order valence-corrected chi connectivity index (χ3v) is 12.9. The average molecular weight is 650 g/mol. The van der Waals surface area contributed by atoms with Crippen LogP contribution in [-0.2, 0) is 19.1 Å². The predicted octanol–water partition coefficient (Wildman–Crippen LogP) is 4.13. The largest absolute Gasteiger partial charge is 0.378 e. The first-order valence-corrected chi connectivity index (χ1v) is 18.3. The van der Waals surface area contributed by atoms with Crippen LogP contribution < -0.4 is 15.5 Å². The lowest BCUT2D eigenvalue weighted by Gasteiger charge is -2.60. The van der Waals surface area contributed by atoms with Crippen LogP contribution in [0.3, 0.4) is 0 Å². The molecule has 0 bridgehead atoms. The smallest absolute Gasteiger partial charge is 0.260 e. The summed E-state index contributed by atoms with van der Waals surface area (Å²) >= 11 is 0. The van der Waals surface area contributed by atoms with Crippen molar-refractivity contribution in [1.29, 1.82) is 0 Å². The van der Waals surface area contributed by atoms with Gasteiger partial charge >= 0.3 is 0 Å². The third kappa shape index (κ3) is 5.71. The van der Waals surface area contributed by atoms with E-state index in [0.717, 1.165) is 44.5 Å². The number of ketones is 1. The van der Waals surface area contributed by atoms with Crippen molar-refractivity contribution in [2.45, 2.75) is 119 Å². The normalized spacial score (nSPS) is 41.0. The van der Waals surface area contributed by atoms with Crippen LogP contribution in [0, 0.1) is 17.8 Å². The Bertz CT molecular complexity index is 1370. The Hall–Kier alpha value is -2.53. The summed E-state index contributed by atoms with van der Waals surface area (Å²) in [5, 5.41) is 6.55. The fourth-order valence-corrected chi connectivity index (χ4v) is 10.4. The number of hydrogen-bond acceptors (Lipinski definition) is 8. The van der Waals surface area contributed by atoms with Crippen LogP contribution in [0.15, 0.2) is 36.0 Å². The van der Waals surface area contributed by atoms with Gasteiger partial charge in [0.2, 0.25) is 0 Å². The molecule has 12 atom stereocenters. The highest BCUT2D eigenvalue weighted by Crippen LogP contribution is 2.52. The van der Waals surface area contributed by atoms with Crippen molar-refractivity contribution >= 4 is 23.1 Å². The lowest BCUT2D eigenvalue weighted by atomic mass is 9.67. The van der Waals surface area contributed by atoms with Crippen LogP contribution in [-0.4, -0.2) is 110 Å². The number of carbonyl (C=O) groups excluding carboxylic acids is 2. The third-order valence-electron chi connectivity index (χ3n) is 12.9. The first-order chi connectivity index (χ1) is 22.8. The summed E-state index contributed by atoms with van der Waals surface area (Å²) in [4.78, 5) is 34.6. The standard InChI is InChI=1S/C37H52FN5O4/c1-41(2)22-12-10-21(11-13-22)40-37(45)27-20-43-29-19-31-25(24-8-4-5-9-30(24)46-31)18-32(29)47-36-33(28(38)17-26(34(36)43)35(27)44)39-15-14-23-7-6-16-42(23)3/h10-13,20,23-26,28-34,36,39H,4-9,14-19H2,1-3H3,(H,40,45). The second-order valence-electron chi connectivity index (χ2n) is 15.6. The summed E-state index contributed by atoms with van der Waals surface area (Å²) in [7, 11) is 6.11. The van der Waals surface area contributed by atoms with E-state index in [4.69, 9.17) is 9.47 Å². The highest BCUT2D eigenvalue weighted by atomic mass is 19.1. The number of morpholine rings is 1. The molecule has 1 aromatic carbocycles. The minimum Gasteiger partial charge on any atom is -0.378 e. The molecule has 6 fully saturated rings. The molecule has 0 aromatic heterocycles. The lowest BCUT2D eigenvalue weighted by molar-refractivity contribution is -0.209. The Morgan fingerprint density at radius 3 is 2.55 bits per heavy atom. The minimum atomic E-state index is -1.24. The number of rotatable bonds is 7. The van der Waals surface area contributed by atoms with Crippen molar-refractivity contribution in [1.82, 2.24) is 15.1 Å². The van der Waals surface area contributed by atoms with Crippen LogP contribution in [0.2, 0.25) is 0 Å². The van der Waals surface area contributed by atoms with E-state index in [0.29, 0.717) is 29.7 Å². The molecule has 4 heterocycles. The van der Waals surface area contributed by atoms with Gasteiger partial charge in [-0.25, -0.2) is 4.39 Å². The van der Waals surface area contributed by atoms with Gasteiger partial charge in [0.15, 0.2) is 5.78 Å². The Morgan fingerprint density at radius 1 is 0.979 bits per heavy atom. The molecule has 7 aliphatic rings. The molecular weight excluding hydrogens is 597 g/mol. The van der Waals surface area contributed by atoms with E-state index in [1.807, 2.05) is 49.5 Å². The molecule has 1 aromatic rings. The second kappa shape index (κ2) is 12.7. The van der Waals surface area contributed by atoms with Gasteiger partial charge in [-0.3, -0.25) is 9.59 Å². The zero-order chi connectivity index (χ0) is 32.4. The molecule has 3 saturated carbocycles. The zero-order valence-corrected chi connectivity index (χ0v) is 28.2. The number of likely N-dealkylation sites (tertiary alicyclic amines) is 1. The maximum absolute atomic E-state index is 16.3. The van der Waals surface area contributed by atoms with Gasteiger partial charge < -0.3 is 34.8 Å². The van der Waals surface area contributed by atoms with Crippen LogP contribution in [0.25, 0.3) is 0 Å². The Balaban J connectivity index is 1.08. The van der Waals surface area contributed by atoms with E-state index in [1.165, 1.54) is 32.1 Å². The number of amides is 1. The molecular formula is C37H52FN5O4. The quantitative estimate of drug-likeness (QED) is 0.427. The van der Waals surface area contributed by atoms with Gasteiger partial charge in [-0.1, -0.05) is 12.8 Å². The fraction of sp³-hybridized carbons (Fsp3) is 0.730. The molecule has 0 spiro atoms. The van der Waals surface area contributed by atoms with Crippen LogP contribution >= 0.6 is 0 Å². The summed E-state index contributed by atoms with van der Waals surface area (Å²) in [6, 6.07) is 7.28. The molecule has 0 radical (unpaired) electrons. The minimum absolute atomic E-state index is 0.0145. The van der Waals surface area contributed by atoms with Crippen LogP contribution in [0.4, 0.5) is 15.8 Å². The number of benzene rings is 1. The number of fused-ring (bicyclic) bond motifs is 5. The first-order valence-electron chi connectivity index (χ1n) is 18.3. The summed E-state index contributed by atoms with van der Waals surface area (Å²) in [5.41, 5.74) is 1.76. The summed E-state index contributed by atoms with van der Waals surface area (Å²) in [6.07, 6.45) is 10.5.